The third-order valence-corrected chi connectivity index (χ3v) is 4.27. The number of halogens is 3. The number of amides is 2. The zero-order valence-electron chi connectivity index (χ0n) is 17.1. The molecule has 13 nitrogen and oxygen atoms in total. The van der Waals surface area contributed by atoms with Crippen LogP contribution in [-0.2, 0) is 6.18 Å². The highest BCUT2D eigenvalue weighted by atomic mass is 19.4. The third kappa shape index (κ3) is 4.73. The van der Waals surface area contributed by atoms with E-state index in [-0.39, 0.29) is 28.8 Å². The molecule has 35 heavy (non-hydrogen) atoms. The number of carbonyl (C=O) groups excluding carboxylic acids is 2. The molecule has 0 aliphatic carbocycles. The van der Waals surface area contributed by atoms with E-state index in [4.69, 9.17) is 5.73 Å². The van der Waals surface area contributed by atoms with Crippen LogP contribution < -0.4 is 15.8 Å². The molecule has 4 heterocycles. The smallest absolute Gasteiger partial charge is 0.391 e. The molecule has 3 N–H and O–H groups in total. The van der Waals surface area contributed by atoms with Gasteiger partial charge in [-0.3, -0.25) is 4.79 Å². The van der Waals surface area contributed by atoms with Crippen molar-refractivity contribution in [3.05, 3.63) is 65.9 Å². The minimum absolute atomic E-state index is 0.0406. The first-order valence-electron chi connectivity index (χ1n) is 9.35. The number of ether oxygens (including phenoxy) is 1. The van der Waals surface area contributed by atoms with E-state index in [9.17, 15) is 28.0 Å². The van der Waals surface area contributed by atoms with Crippen LogP contribution in [0.4, 0.5) is 23.7 Å². The van der Waals surface area contributed by atoms with E-state index in [0.717, 1.165) is 17.1 Å². The molecule has 4 aromatic rings. The molecule has 0 aliphatic heterocycles. The van der Waals surface area contributed by atoms with E-state index in [1.807, 2.05) is 6.07 Å². The summed E-state index contributed by atoms with van der Waals surface area (Å²) in [6.07, 6.45) is -1.70. The van der Waals surface area contributed by atoms with Crippen molar-refractivity contribution in [1.29, 1.82) is 5.26 Å². The van der Waals surface area contributed by atoms with Crippen LogP contribution in [0.1, 0.15) is 21.6 Å². The lowest BCUT2D eigenvalue weighted by atomic mass is 10.2. The highest BCUT2D eigenvalue weighted by Crippen LogP contribution is 2.34. The fourth-order valence-corrected chi connectivity index (χ4v) is 2.93. The molecular formula is C19H11F3N10O3. The lowest BCUT2D eigenvalue weighted by Crippen LogP contribution is -2.21. The van der Waals surface area contributed by atoms with Crippen LogP contribution in [-0.4, -0.2) is 46.7 Å². The first-order chi connectivity index (χ1) is 16.7. The van der Waals surface area contributed by atoms with Gasteiger partial charge in [0.1, 0.15) is 11.6 Å². The molecule has 0 aliphatic rings. The number of anilines is 1. The van der Waals surface area contributed by atoms with Gasteiger partial charge in [-0.2, -0.15) is 38.7 Å². The van der Waals surface area contributed by atoms with Gasteiger partial charge in [-0.1, -0.05) is 6.07 Å². The molecule has 0 unspecified atom stereocenters. The summed E-state index contributed by atoms with van der Waals surface area (Å²) in [5.41, 5.74) is 2.52. The van der Waals surface area contributed by atoms with Crippen molar-refractivity contribution >= 4 is 17.7 Å². The second-order valence-corrected chi connectivity index (χ2v) is 6.55. The maximum absolute atomic E-state index is 13.9. The third-order valence-electron chi connectivity index (χ3n) is 4.27. The number of primary amides is 1. The fraction of sp³-hybridized carbons (Fsp3) is 0.0526. The summed E-state index contributed by atoms with van der Waals surface area (Å²) in [5, 5.41) is 23.0. The normalized spacial score (nSPS) is 11.0. The lowest BCUT2D eigenvalue weighted by Gasteiger charge is -2.13. The summed E-state index contributed by atoms with van der Waals surface area (Å²) in [5.74, 6) is -1.88. The van der Waals surface area contributed by atoms with Crippen molar-refractivity contribution in [2.24, 2.45) is 5.73 Å². The van der Waals surface area contributed by atoms with Crippen LogP contribution in [0.3, 0.4) is 0 Å². The second kappa shape index (κ2) is 8.90. The zero-order chi connectivity index (χ0) is 25.2. The Kier molecular flexibility index (Phi) is 5.81. The zero-order valence-corrected chi connectivity index (χ0v) is 17.1. The number of carbonyl (C=O) groups is 2. The lowest BCUT2D eigenvalue weighted by molar-refractivity contribution is -0.143. The SMILES string of the molecule is N#Cc1cc(NC(=O)c2cnn(-c3cccc(OC(N)=O)n3)c2C(F)(F)F)cnc1-n1nccn1. The molecule has 0 aromatic carbocycles. The van der Waals surface area contributed by atoms with Crippen molar-refractivity contribution in [3.8, 4) is 23.6 Å². The molecule has 0 fully saturated rings. The van der Waals surface area contributed by atoms with Crippen molar-refractivity contribution in [3.63, 3.8) is 0 Å². The van der Waals surface area contributed by atoms with Gasteiger partial charge in [-0.15, -0.1) is 4.80 Å². The molecular weight excluding hydrogens is 473 g/mol. The molecule has 4 aromatic heterocycles. The van der Waals surface area contributed by atoms with E-state index in [2.05, 4.69) is 35.3 Å². The molecule has 0 atom stereocenters. The van der Waals surface area contributed by atoms with Gasteiger partial charge in [-0.05, 0) is 12.1 Å². The second-order valence-electron chi connectivity index (χ2n) is 6.55. The maximum atomic E-state index is 13.9. The Balaban J connectivity index is 1.68. The standard InChI is InChI=1S/C19H11F3N10O3/c20-19(21,22)15-12(9-28-31(15)13-2-1-3-14(30-13)35-18(24)34)17(33)29-11-6-10(7-23)16(25-8-11)32-26-4-5-27-32/h1-6,8-9H,(H2,24,34)(H,29,33). The predicted molar refractivity (Wildman–Crippen MR) is 108 cm³/mol. The molecule has 0 saturated carbocycles. The van der Waals surface area contributed by atoms with Crippen molar-refractivity contribution in [2.45, 2.75) is 6.18 Å². The van der Waals surface area contributed by atoms with Crippen molar-refractivity contribution in [2.75, 3.05) is 5.32 Å². The number of pyridine rings is 2. The molecule has 2 amide bonds. The Morgan fingerprint density at radius 2 is 1.89 bits per heavy atom. The van der Waals surface area contributed by atoms with Crippen LogP contribution in [0.15, 0.2) is 49.1 Å². The number of nitrogens with two attached hydrogens (primary N) is 1. The average Bonchev–Trinajstić information content (AvgIpc) is 3.49. The molecule has 0 bridgehead atoms. The first kappa shape index (κ1) is 22.8. The van der Waals surface area contributed by atoms with Crippen LogP contribution in [0.5, 0.6) is 5.88 Å². The number of nitriles is 1. The van der Waals surface area contributed by atoms with Crippen molar-refractivity contribution < 1.29 is 27.5 Å². The van der Waals surface area contributed by atoms with Gasteiger partial charge in [0, 0.05) is 6.07 Å². The van der Waals surface area contributed by atoms with Crippen LogP contribution >= 0.6 is 0 Å². The number of alkyl halides is 3. The number of rotatable bonds is 5. The summed E-state index contributed by atoms with van der Waals surface area (Å²) >= 11 is 0. The summed E-state index contributed by atoms with van der Waals surface area (Å²) in [4.78, 5) is 32.5. The number of nitrogens with zero attached hydrogens (tertiary/aromatic N) is 8. The van der Waals surface area contributed by atoms with Gasteiger partial charge in [0.15, 0.2) is 17.3 Å². The Morgan fingerprint density at radius 1 is 1.14 bits per heavy atom. The van der Waals surface area contributed by atoms with E-state index in [1.165, 1.54) is 30.6 Å². The highest BCUT2D eigenvalue weighted by molar-refractivity contribution is 6.05. The highest BCUT2D eigenvalue weighted by Gasteiger charge is 2.41. The number of aromatic nitrogens is 7. The van der Waals surface area contributed by atoms with Gasteiger partial charge in [0.2, 0.25) is 5.88 Å². The van der Waals surface area contributed by atoms with Gasteiger partial charge >= 0.3 is 12.3 Å². The van der Waals surface area contributed by atoms with Crippen molar-refractivity contribution in [1.82, 2.24) is 34.7 Å². The van der Waals surface area contributed by atoms with E-state index < -0.39 is 29.4 Å². The van der Waals surface area contributed by atoms with Crippen LogP contribution in [0.25, 0.3) is 11.6 Å². The van der Waals surface area contributed by atoms with Crippen LogP contribution in [0, 0.1) is 11.3 Å². The minimum atomic E-state index is -5.03. The monoisotopic (exact) mass is 484 g/mol. The molecule has 0 radical (unpaired) electrons. The molecule has 16 heteroatoms. The fourth-order valence-electron chi connectivity index (χ4n) is 2.93. The summed E-state index contributed by atoms with van der Waals surface area (Å²) < 4.78 is 46.7. The van der Waals surface area contributed by atoms with Crippen LogP contribution in [0.2, 0.25) is 0 Å². The van der Waals surface area contributed by atoms with Gasteiger partial charge in [0.05, 0.1) is 36.0 Å². The molecule has 4 rings (SSSR count). The predicted octanol–water partition coefficient (Wildman–Crippen LogP) is 1.84. The average molecular weight is 484 g/mol. The Morgan fingerprint density at radius 3 is 2.54 bits per heavy atom. The van der Waals surface area contributed by atoms with Gasteiger partial charge in [-0.25, -0.2) is 14.5 Å². The summed E-state index contributed by atoms with van der Waals surface area (Å²) in [6.45, 7) is 0. The van der Waals surface area contributed by atoms with E-state index in [1.54, 1.807) is 0 Å². The number of hydrogen-bond donors (Lipinski definition) is 2. The van der Waals surface area contributed by atoms with E-state index >= 15 is 0 Å². The topological polar surface area (TPSA) is 180 Å². The summed E-state index contributed by atoms with van der Waals surface area (Å²) in [6, 6.07) is 6.66. The van der Waals surface area contributed by atoms with Gasteiger partial charge in [0.25, 0.3) is 5.91 Å². The molecule has 0 saturated heterocycles. The Bertz CT molecular complexity index is 1460. The molecule has 176 valence electrons. The Hall–Kier alpha value is -5.33. The number of nitrogens with one attached hydrogen (secondary N) is 1. The minimum Gasteiger partial charge on any atom is -0.391 e. The van der Waals surface area contributed by atoms with E-state index in [0.29, 0.717) is 10.9 Å². The number of hydrogen-bond acceptors (Lipinski definition) is 9. The Labute approximate surface area is 192 Å². The first-order valence-corrected chi connectivity index (χ1v) is 9.35. The summed E-state index contributed by atoms with van der Waals surface area (Å²) in [7, 11) is 0. The molecule has 0 spiro atoms. The quantitative estimate of drug-likeness (QED) is 0.427. The maximum Gasteiger partial charge on any atom is 0.434 e. The van der Waals surface area contributed by atoms with Gasteiger partial charge < -0.3 is 15.8 Å². The largest absolute Gasteiger partial charge is 0.434 e.